The van der Waals surface area contributed by atoms with Gasteiger partial charge in [-0.1, -0.05) is 6.07 Å². The highest BCUT2D eigenvalue weighted by Crippen LogP contribution is 2.36. The van der Waals surface area contributed by atoms with E-state index in [1.165, 1.54) is 6.20 Å². The fourth-order valence-electron chi connectivity index (χ4n) is 3.87. The van der Waals surface area contributed by atoms with Gasteiger partial charge in [0.25, 0.3) is 5.91 Å². The maximum atomic E-state index is 13.7. The molecule has 10 heteroatoms. The van der Waals surface area contributed by atoms with Crippen LogP contribution >= 0.6 is 0 Å². The van der Waals surface area contributed by atoms with E-state index >= 15 is 0 Å². The first-order valence-corrected chi connectivity index (χ1v) is 10.2. The van der Waals surface area contributed by atoms with E-state index in [-0.39, 0.29) is 36.9 Å². The summed E-state index contributed by atoms with van der Waals surface area (Å²) in [5, 5.41) is 11.6. The zero-order valence-corrected chi connectivity index (χ0v) is 17.4. The minimum absolute atomic E-state index is 0.0705. The van der Waals surface area contributed by atoms with Crippen LogP contribution < -0.4 is 10.2 Å². The molecular weight excluding hydrogens is 440 g/mol. The van der Waals surface area contributed by atoms with Crippen LogP contribution in [0.25, 0.3) is 0 Å². The molecule has 0 radical (unpaired) electrons. The number of benzene rings is 2. The first-order valence-electron chi connectivity index (χ1n) is 10.2. The van der Waals surface area contributed by atoms with Gasteiger partial charge in [-0.25, -0.2) is 14.4 Å². The monoisotopic (exact) mass is 460 g/mol. The van der Waals surface area contributed by atoms with Crippen molar-refractivity contribution >= 4 is 17.4 Å². The van der Waals surface area contributed by atoms with Crippen molar-refractivity contribution in [1.29, 1.82) is 0 Å². The average Bonchev–Trinajstić information content (AvgIpc) is 3.21. The van der Waals surface area contributed by atoms with Crippen molar-refractivity contribution in [2.24, 2.45) is 0 Å². The summed E-state index contributed by atoms with van der Waals surface area (Å²) >= 11 is 0. The lowest BCUT2D eigenvalue weighted by Crippen LogP contribution is -2.27. The summed E-state index contributed by atoms with van der Waals surface area (Å²) in [6.45, 7) is 0.540. The molecule has 0 spiro atoms. The molecule has 0 fully saturated rings. The second-order valence-corrected chi connectivity index (χ2v) is 7.54. The van der Waals surface area contributed by atoms with Crippen LogP contribution in [0.1, 0.15) is 32.9 Å². The number of alkyl halides is 3. The molecule has 1 aliphatic rings. The van der Waals surface area contributed by atoms with Gasteiger partial charge in [0, 0.05) is 37.0 Å². The van der Waals surface area contributed by atoms with Crippen LogP contribution in [-0.2, 0) is 19.0 Å². The summed E-state index contributed by atoms with van der Waals surface area (Å²) < 4.78 is 52.8. The highest BCUT2D eigenvalue weighted by molar-refractivity contribution is 5.98. The van der Waals surface area contributed by atoms with Gasteiger partial charge in [-0.15, -0.1) is 0 Å². The van der Waals surface area contributed by atoms with E-state index in [4.69, 9.17) is 5.11 Å². The molecule has 0 unspecified atom stereocenters. The van der Waals surface area contributed by atoms with E-state index in [0.717, 1.165) is 23.4 Å². The third-order valence-corrected chi connectivity index (χ3v) is 5.28. The topological polar surface area (TPSA) is 78.4 Å². The molecule has 6 nitrogen and oxygen atoms in total. The van der Waals surface area contributed by atoms with E-state index in [0.29, 0.717) is 30.4 Å². The molecule has 3 aromatic rings. The van der Waals surface area contributed by atoms with Crippen molar-refractivity contribution in [1.82, 2.24) is 15.3 Å². The number of aromatic nitrogens is 2. The number of anilines is 2. The van der Waals surface area contributed by atoms with E-state index in [1.54, 1.807) is 18.2 Å². The number of aliphatic hydroxyl groups excluding tert-OH is 1. The second-order valence-electron chi connectivity index (χ2n) is 7.54. The van der Waals surface area contributed by atoms with Gasteiger partial charge >= 0.3 is 6.18 Å². The molecule has 1 aromatic heterocycles. The smallest absolute Gasteiger partial charge is 0.395 e. The van der Waals surface area contributed by atoms with Crippen LogP contribution in [0.3, 0.4) is 0 Å². The van der Waals surface area contributed by atoms with E-state index < -0.39 is 17.6 Å². The van der Waals surface area contributed by atoms with Crippen molar-refractivity contribution in [3.63, 3.8) is 0 Å². The lowest BCUT2D eigenvalue weighted by molar-refractivity contribution is -0.137. The van der Waals surface area contributed by atoms with Crippen molar-refractivity contribution in [2.75, 3.05) is 24.6 Å². The number of hydrogen-bond donors (Lipinski definition) is 2. The maximum absolute atomic E-state index is 13.7. The number of fused-ring (bicyclic) bond motifs is 1. The quantitative estimate of drug-likeness (QED) is 0.550. The Labute approximate surface area is 186 Å². The normalized spacial score (nSPS) is 13.2. The molecule has 2 N–H and O–H groups in total. The number of amides is 1. The minimum Gasteiger partial charge on any atom is -0.395 e. The SMILES string of the molecule is O=C(NCCO)c1cccc2c1CCN2c1ccnc(Cc2cc(F)cc(C(F)(F)F)c2)n1. The van der Waals surface area contributed by atoms with Gasteiger partial charge in [-0.2, -0.15) is 13.2 Å². The maximum Gasteiger partial charge on any atom is 0.416 e. The van der Waals surface area contributed by atoms with Gasteiger partial charge < -0.3 is 15.3 Å². The summed E-state index contributed by atoms with van der Waals surface area (Å²) in [7, 11) is 0. The number of rotatable bonds is 6. The Balaban J connectivity index is 1.60. The summed E-state index contributed by atoms with van der Waals surface area (Å²) in [5.41, 5.74) is 1.20. The first kappa shape index (κ1) is 22.7. The number of nitrogens with zero attached hydrogens (tertiary/aromatic N) is 3. The molecule has 172 valence electrons. The lowest BCUT2D eigenvalue weighted by atomic mass is 10.0. The molecule has 0 saturated carbocycles. The molecule has 0 saturated heterocycles. The molecule has 1 aliphatic heterocycles. The fraction of sp³-hybridized carbons (Fsp3) is 0.261. The standard InChI is InChI=1S/C23H20F4N4O2/c24-16-11-14(10-15(13-16)23(25,26)27)12-20-28-6-4-21(30-20)31-8-5-17-18(2-1-3-19(17)31)22(33)29-7-9-32/h1-4,6,10-11,13,32H,5,7-9,12H2,(H,29,33). The fourth-order valence-corrected chi connectivity index (χ4v) is 3.87. The Morgan fingerprint density at radius 2 is 2.00 bits per heavy atom. The number of carbonyl (C=O) groups excluding carboxylic acids is 1. The van der Waals surface area contributed by atoms with Crippen molar-refractivity contribution in [2.45, 2.75) is 19.0 Å². The van der Waals surface area contributed by atoms with Gasteiger partial charge in [0.05, 0.1) is 12.2 Å². The van der Waals surface area contributed by atoms with Gasteiger partial charge in [0.1, 0.15) is 17.5 Å². The Morgan fingerprint density at radius 1 is 1.18 bits per heavy atom. The van der Waals surface area contributed by atoms with Crippen LogP contribution in [0.2, 0.25) is 0 Å². The molecule has 2 heterocycles. The Bertz CT molecular complexity index is 1180. The van der Waals surface area contributed by atoms with Gasteiger partial charge in [-0.3, -0.25) is 4.79 Å². The number of halogens is 4. The predicted molar refractivity (Wildman–Crippen MR) is 113 cm³/mol. The zero-order chi connectivity index (χ0) is 23.6. The number of carbonyl (C=O) groups is 1. The van der Waals surface area contributed by atoms with Gasteiger partial charge in [0.2, 0.25) is 0 Å². The van der Waals surface area contributed by atoms with E-state index in [1.807, 2.05) is 11.0 Å². The summed E-state index contributed by atoms with van der Waals surface area (Å²) in [6.07, 6.45) is -2.63. The third-order valence-electron chi connectivity index (χ3n) is 5.28. The molecule has 0 aliphatic carbocycles. The van der Waals surface area contributed by atoms with E-state index in [2.05, 4.69) is 15.3 Å². The second kappa shape index (κ2) is 9.14. The summed E-state index contributed by atoms with van der Waals surface area (Å²) in [6, 6.07) is 9.37. The van der Waals surface area contributed by atoms with Gasteiger partial charge in [-0.05, 0) is 53.9 Å². The Kier molecular flexibility index (Phi) is 6.28. The molecular formula is C23H20F4N4O2. The van der Waals surface area contributed by atoms with Crippen molar-refractivity contribution in [3.05, 3.63) is 82.6 Å². The molecule has 1 amide bonds. The highest BCUT2D eigenvalue weighted by Gasteiger charge is 2.31. The minimum atomic E-state index is -4.65. The molecule has 2 aromatic carbocycles. The summed E-state index contributed by atoms with van der Waals surface area (Å²) in [5.74, 6) is -0.482. The molecule has 0 bridgehead atoms. The lowest BCUT2D eigenvalue weighted by Gasteiger charge is -2.19. The van der Waals surface area contributed by atoms with Crippen LogP contribution in [0.5, 0.6) is 0 Å². The van der Waals surface area contributed by atoms with Crippen molar-refractivity contribution < 1.29 is 27.5 Å². The number of aliphatic hydroxyl groups is 1. The molecule has 4 rings (SSSR count). The number of hydrogen-bond acceptors (Lipinski definition) is 5. The average molecular weight is 460 g/mol. The van der Waals surface area contributed by atoms with E-state index in [9.17, 15) is 22.4 Å². The van der Waals surface area contributed by atoms with Crippen molar-refractivity contribution in [3.8, 4) is 0 Å². The first-order chi connectivity index (χ1) is 15.8. The molecule has 0 atom stereocenters. The predicted octanol–water partition coefficient (Wildman–Crippen LogP) is 3.64. The zero-order valence-electron chi connectivity index (χ0n) is 17.4. The summed E-state index contributed by atoms with van der Waals surface area (Å²) in [4.78, 5) is 22.9. The van der Waals surface area contributed by atoms with Crippen LogP contribution in [0.15, 0.2) is 48.7 Å². The largest absolute Gasteiger partial charge is 0.416 e. The van der Waals surface area contributed by atoms with Crippen LogP contribution in [0, 0.1) is 5.82 Å². The Hall–Kier alpha value is -3.53. The molecule has 33 heavy (non-hydrogen) atoms. The van der Waals surface area contributed by atoms with Gasteiger partial charge in [0.15, 0.2) is 0 Å². The van der Waals surface area contributed by atoms with Crippen LogP contribution in [0.4, 0.5) is 29.1 Å². The third kappa shape index (κ3) is 4.95. The van der Waals surface area contributed by atoms with Crippen LogP contribution in [-0.4, -0.2) is 40.7 Å². The number of nitrogens with one attached hydrogen (secondary N) is 1. The highest BCUT2D eigenvalue weighted by atomic mass is 19.4. The Morgan fingerprint density at radius 3 is 2.76 bits per heavy atom.